The highest BCUT2D eigenvalue weighted by atomic mass is 32.2. The van der Waals surface area contributed by atoms with E-state index in [1.807, 2.05) is 13.0 Å². The molecule has 25 heavy (non-hydrogen) atoms. The van der Waals surface area contributed by atoms with Crippen LogP contribution >= 0.6 is 0 Å². The molecule has 1 aromatic heterocycles. The topological polar surface area (TPSA) is 110 Å². The summed E-state index contributed by atoms with van der Waals surface area (Å²) in [7, 11) is -2.78. The number of carbonyl (C=O) groups is 1. The van der Waals surface area contributed by atoms with Crippen LogP contribution in [0, 0.1) is 6.92 Å². The lowest BCUT2D eigenvalue weighted by Gasteiger charge is -2.07. The summed E-state index contributed by atoms with van der Waals surface area (Å²) in [5.74, 6) is 0.381. The molecule has 0 spiro atoms. The number of aromatic amines is 1. The summed E-state index contributed by atoms with van der Waals surface area (Å²) >= 11 is 0. The van der Waals surface area contributed by atoms with E-state index in [4.69, 9.17) is 4.18 Å². The van der Waals surface area contributed by atoms with Crippen molar-refractivity contribution < 1.29 is 22.1 Å². The van der Waals surface area contributed by atoms with Crippen molar-refractivity contribution in [3.8, 4) is 5.75 Å². The molecule has 9 heteroatoms. The molecule has 0 saturated heterocycles. The molecule has 130 valence electrons. The van der Waals surface area contributed by atoms with Gasteiger partial charge in [0.05, 0.1) is 18.1 Å². The molecule has 0 fully saturated rings. The number of amides is 1. The Labute approximate surface area is 143 Å². The number of rotatable bonds is 4. The van der Waals surface area contributed by atoms with Crippen molar-refractivity contribution in [2.75, 3.05) is 12.4 Å². The zero-order chi connectivity index (χ0) is 18.0. The van der Waals surface area contributed by atoms with Crippen LogP contribution in [0.25, 0.3) is 11.0 Å². The molecule has 1 heterocycles. The van der Waals surface area contributed by atoms with Crippen molar-refractivity contribution in [2.45, 2.75) is 11.8 Å². The van der Waals surface area contributed by atoms with Gasteiger partial charge in [-0.15, -0.1) is 0 Å². The summed E-state index contributed by atoms with van der Waals surface area (Å²) in [5.41, 5.74) is 1.80. The van der Waals surface area contributed by atoms with E-state index in [1.54, 1.807) is 18.2 Å². The SMILES string of the molecule is COC(=O)Nc1nc2cc(S(=O)(=O)Oc3cccc(C)c3)ccc2[nH]1. The van der Waals surface area contributed by atoms with Crippen LogP contribution in [0.2, 0.25) is 0 Å². The molecule has 0 aliphatic rings. The predicted molar refractivity (Wildman–Crippen MR) is 91.1 cm³/mol. The van der Waals surface area contributed by atoms with Crippen LogP contribution in [0.5, 0.6) is 5.75 Å². The number of nitrogens with one attached hydrogen (secondary N) is 2. The van der Waals surface area contributed by atoms with Gasteiger partial charge in [-0.1, -0.05) is 12.1 Å². The van der Waals surface area contributed by atoms with Gasteiger partial charge in [0.15, 0.2) is 0 Å². The zero-order valence-electron chi connectivity index (χ0n) is 13.4. The van der Waals surface area contributed by atoms with Crippen LogP contribution in [-0.2, 0) is 14.9 Å². The van der Waals surface area contributed by atoms with E-state index in [0.717, 1.165) is 5.56 Å². The van der Waals surface area contributed by atoms with Crippen molar-refractivity contribution in [1.82, 2.24) is 9.97 Å². The van der Waals surface area contributed by atoms with Crippen LogP contribution < -0.4 is 9.50 Å². The van der Waals surface area contributed by atoms with E-state index in [0.29, 0.717) is 11.0 Å². The third-order valence-corrected chi connectivity index (χ3v) is 4.59. The van der Waals surface area contributed by atoms with E-state index < -0.39 is 16.2 Å². The predicted octanol–water partition coefficient (Wildman–Crippen LogP) is 2.82. The smallest absolute Gasteiger partial charge is 0.413 e. The van der Waals surface area contributed by atoms with E-state index in [9.17, 15) is 13.2 Å². The maximum Gasteiger partial charge on any atom is 0.413 e. The van der Waals surface area contributed by atoms with Crippen LogP contribution in [-0.4, -0.2) is 31.6 Å². The molecule has 0 aliphatic carbocycles. The maximum absolute atomic E-state index is 12.4. The monoisotopic (exact) mass is 361 g/mol. The van der Waals surface area contributed by atoms with Crippen molar-refractivity contribution >= 4 is 33.2 Å². The first kappa shape index (κ1) is 16.8. The van der Waals surface area contributed by atoms with E-state index in [2.05, 4.69) is 20.0 Å². The number of methoxy groups -OCH3 is 1. The van der Waals surface area contributed by atoms with Crippen molar-refractivity contribution in [2.24, 2.45) is 0 Å². The second-order valence-corrected chi connectivity index (χ2v) is 6.78. The van der Waals surface area contributed by atoms with Gasteiger partial charge in [-0.3, -0.25) is 5.32 Å². The van der Waals surface area contributed by atoms with Gasteiger partial charge in [0, 0.05) is 0 Å². The zero-order valence-corrected chi connectivity index (χ0v) is 14.3. The first-order valence-electron chi connectivity index (χ1n) is 7.23. The Morgan fingerprint density at radius 1 is 1.20 bits per heavy atom. The summed E-state index contributed by atoms with van der Waals surface area (Å²) < 4.78 is 34.5. The van der Waals surface area contributed by atoms with Gasteiger partial charge in [0.25, 0.3) is 0 Å². The lowest BCUT2D eigenvalue weighted by Crippen LogP contribution is -2.11. The number of anilines is 1. The minimum absolute atomic E-state index is 0.0439. The average Bonchev–Trinajstić information content (AvgIpc) is 2.95. The number of fused-ring (bicyclic) bond motifs is 1. The van der Waals surface area contributed by atoms with Gasteiger partial charge in [-0.05, 0) is 42.8 Å². The lowest BCUT2D eigenvalue weighted by atomic mass is 10.2. The highest BCUT2D eigenvalue weighted by molar-refractivity contribution is 7.87. The first-order chi connectivity index (χ1) is 11.9. The van der Waals surface area contributed by atoms with Crippen LogP contribution in [0.4, 0.5) is 10.7 Å². The number of hydrogen-bond acceptors (Lipinski definition) is 6. The molecule has 0 aliphatic heterocycles. The molecule has 0 radical (unpaired) electrons. The minimum Gasteiger partial charge on any atom is -0.453 e. The number of carbonyl (C=O) groups excluding carboxylic acids is 1. The first-order valence-corrected chi connectivity index (χ1v) is 8.64. The van der Waals surface area contributed by atoms with Crippen LogP contribution in [0.3, 0.4) is 0 Å². The van der Waals surface area contributed by atoms with Crippen LogP contribution in [0.1, 0.15) is 5.56 Å². The molecule has 3 rings (SSSR count). The Bertz CT molecular complexity index is 1040. The number of aromatic nitrogens is 2. The van der Waals surface area contributed by atoms with Crippen molar-refractivity contribution in [3.63, 3.8) is 0 Å². The van der Waals surface area contributed by atoms with Gasteiger partial charge in [-0.25, -0.2) is 9.78 Å². The Morgan fingerprint density at radius 3 is 2.72 bits per heavy atom. The van der Waals surface area contributed by atoms with Gasteiger partial charge < -0.3 is 13.9 Å². The fraction of sp³-hybridized carbons (Fsp3) is 0.125. The summed E-state index contributed by atoms with van der Waals surface area (Å²) in [6.45, 7) is 1.84. The second kappa shape index (κ2) is 6.44. The highest BCUT2D eigenvalue weighted by Crippen LogP contribution is 2.23. The highest BCUT2D eigenvalue weighted by Gasteiger charge is 2.18. The molecule has 2 aromatic carbocycles. The summed E-state index contributed by atoms with van der Waals surface area (Å²) in [4.78, 5) is 18.1. The minimum atomic E-state index is -4.01. The number of benzene rings is 2. The van der Waals surface area contributed by atoms with Crippen LogP contribution in [0.15, 0.2) is 47.4 Å². The second-order valence-electron chi connectivity index (χ2n) is 5.23. The fourth-order valence-corrected chi connectivity index (χ4v) is 3.13. The van der Waals surface area contributed by atoms with Crippen molar-refractivity contribution in [3.05, 3.63) is 48.0 Å². The van der Waals surface area contributed by atoms with Gasteiger partial charge >= 0.3 is 16.2 Å². The van der Waals surface area contributed by atoms with Crippen molar-refractivity contribution in [1.29, 1.82) is 0 Å². The third kappa shape index (κ3) is 3.72. The van der Waals surface area contributed by atoms with Gasteiger partial charge in [-0.2, -0.15) is 8.42 Å². The number of H-pyrrole nitrogens is 1. The normalized spacial score (nSPS) is 11.3. The fourth-order valence-electron chi connectivity index (χ4n) is 2.19. The summed E-state index contributed by atoms with van der Waals surface area (Å²) in [5, 5.41) is 2.38. The maximum atomic E-state index is 12.4. The molecule has 0 bridgehead atoms. The van der Waals surface area contributed by atoms with E-state index in [-0.39, 0.29) is 16.6 Å². The van der Waals surface area contributed by atoms with E-state index in [1.165, 1.54) is 25.3 Å². The molecule has 1 amide bonds. The Morgan fingerprint density at radius 2 is 2.00 bits per heavy atom. The molecule has 2 N–H and O–H groups in total. The quantitative estimate of drug-likeness (QED) is 0.691. The Balaban J connectivity index is 1.90. The molecule has 0 atom stereocenters. The Kier molecular flexibility index (Phi) is 4.32. The summed E-state index contributed by atoms with van der Waals surface area (Å²) in [6, 6.07) is 11.0. The number of imidazole rings is 1. The number of nitrogens with zero attached hydrogens (tertiary/aromatic N) is 1. The molecule has 8 nitrogen and oxygen atoms in total. The number of hydrogen-bond donors (Lipinski definition) is 2. The molecule has 3 aromatic rings. The molecule has 0 saturated carbocycles. The number of ether oxygens (including phenoxy) is 1. The number of aryl methyl sites for hydroxylation is 1. The van der Waals surface area contributed by atoms with E-state index >= 15 is 0 Å². The standard InChI is InChI=1S/C16H15N3O5S/c1-10-4-3-5-11(8-10)24-25(21,22)12-6-7-13-14(9-12)18-15(17-13)19-16(20)23-2/h3-9H,1-2H3,(H2,17,18,19,20). The summed E-state index contributed by atoms with van der Waals surface area (Å²) in [6.07, 6.45) is -0.685. The largest absolute Gasteiger partial charge is 0.453 e. The lowest BCUT2D eigenvalue weighted by molar-refractivity contribution is 0.186. The Hall–Kier alpha value is -3.07. The molecular weight excluding hydrogens is 346 g/mol. The van der Waals surface area contributed by atoms with Gasteiger partial charge in [0.1, 0.15) is 10.6 Å². The average molecular weight is 361 g/mol. The molecule has 0 unspecified atom stereocenters. The molecular formula is C16H15N3O5S. The third-order valence-electron chi connectivity index (χ3n) is 3.34. The van der Waals surface area contributed by atoms with Gasteiger partial charge in [0.2, 0.25) is 5.95 Å².